The zero-order valence-electron chi connectivity index (χ0n) is 19.0. The molecule has 7 heteroatoms. The van der Waals surface area contributed by atoms with Crippen molar-refractivity contribution in [2.24, 2.45) is 0 Å². The van der Waals surface area contributed by atoms with Gasteiger partial charge in [0.05, 0.1) is 18.3 Å². The summed E-state index contributed by atoms with van der Waals surface area (Å²) in [5, 5.41) is 0. The van der Waals surface area contributed by atoms with Crippen LogP contribution in [0.5, 0.6) is 0 Å². The summed E-state index contributed by atoms with van der Waals surface area (Å²) in [6.07, 6.45) is 7.17. The number of ether oxygens (including phenoxy) is 3. The van der Waals surface area contributed by atoms with Gasteiger partial charge >= 0.3 is 11.9 Å². The molecule has 1 aliphatic carbocycles. The zero-order chi connectivity index (χ0) is 23.6. The quantitative estimate of drug-likeness (QED) is 0.334. The monoisotopic (exact) mass is 452 g/mol. The Morgan fingerprint density at radius 2 is 1.70 bits per heavy atom. The Bertz CT molecular complexity index is 963. The summed E-state index contributed by atoms with van der Waals surface area (Å²) in [6, 6.07) is 12.2. The normalized spacial score (nSPS) is 18.2. The largest absolute Gasteiger partial charge is 0.462 e. The Morgan fingerprint density at radius 1 is 1.00 bits per heavy atom. The maximum Gasteiger partial charge on any atom is 0.338 e. The number of rotatable bonds is 9. The average molecular weight is 453 g/mol. The summed E-state index contributed by atoms with van der Waals surface area (Å²) in [5.41, 5.74) is 15.0. The Balaban J connectivity index is 1.42. The Kier molecular flexibility index (Phi) is 8.89. The lowest BCUT2D eigenvalue weighted by Gasteiger charge is -2.28. The maximum absolute atomic E-state index is 12.4. The minimum absolute atomic E-state index is 0.0637. The van der Waals surface area contributed by atoms with E-state index in [1.165, 1.54) is 6.08 Å². The van der Waals surface area contributed by atoms with Crippen molar-refractivity contribution >= 4 is 29.4 Å². The van der Waals surface area contributed by atoms with E-state index < -0.39 is 5.97 Å². The number of esters is 2. The van der Waals surface area contributed by atoms with Gasteiger partial charge in [-0.15, -0.1) is 0 Å². The van der Waals surface area contributed by atoms with Gasteiger partial charge < -0.3 is 25.7 Å². The second kappa shape index (κ2) is 12.1. The number of anilines is 2. The average Bonchev–Trinajstić information content (AvgIpc) is 2.81. The van der Waals surface area contributed by atoms with Crippen LogP contribution >= 0.6 is 0 Å². The van der Waals surface area contributed by atoms with E-state index in [1.807, 2.05) is 6.92 Å². The van der Waals surface area contributed by atoms with Gasteiger partial charge in [-0.3, -0.25) is 0 Å². The van der Waals surface area contributed by atoms with Crippen molar-refractivity contribution in [1.82, 2.24) is 0 Å². The third-order valence-electron chi connectivity index (χ3n) is 5.64. The van der Waals surface area contributed by atoms with E-state index in [4.69, 9.17) is 25.7 Å². The van der Waals surface area contributed by atoms with Crippen LogP contribution in [-0.4, -0.2) is 37.4 Å². The molecule has 2 aromatic carbocycles. The van der Waals surface area contributed by atoms with Crippen molar-refractivity contribution in [2.75, 3.05) is 24.7 Å². The molecule has 4 N–H and O–H groups in total. The van der Waals surface area contributed by atoms with Crippen molar-refractivity contribution in [3.8, 4) is 0 Å². The highest BCUT2D eigenvalue weighted by molar-refractivity contribution is 5.90. The molecule has 0 amide bonds. The summed E-state index contributed by atoms with van der Waals surface area (Å²) in [5.74, 6) is -0.783. The van der Waals surface area contributed by atoms with Crippen molar-refractivity contribution in [3.05, 3.63) is 65.2 Å². The van der Waals surface area contributed by atoms with Crippen molar-refractivity contribution in [3.63, 3.8) is 0 Å². The zero-order valence-corrected chi connectivity index (χ0v) is 19.0. The lowest BCUT2D eigenvalue weighted by molar-refractivity contribution is -0.137. The molecule has 0 aliphatic heterocycles. The number of hydrogen-bond acceptors (Lipinski definition) is 7. The molecule has 176 valence electrons. The van der Waals surface area contributed by atoms with E-state index in [0.717, 1.165) is 36.8 Å². The standard InChI is InChI=1S/C26H32N2O5/c1-2-31-22-9-11-23(12-10-22)33-26(30)19-6-3-18(4-7-19)5-14-25(29)32-16-15-20-17-21(27)8-13-24(20)28/h3-8,13-14,17,22-23H,2,9-12,15-16,27-28H2,1H3. The first-order valence-electron chi connectivity index (χ1n) is 11.4. The SMILES string of the molecule is CCOC1CCC(OC(=O)c2ccc(C=CC(=O)OCCc3cc(N)ccc3N)cc2)CC1. The van der Waals surface area contributed by atoms with Gasteiger partial charge in [0.15, 0.2) is 0 Å². The second-order valence-corrected chi connectivity index (χ2v) is 8.09. The van der Waals surface area contributed by atoms with E-state index in [0.29, 0.717) is 30.0 Å². The van der Waals surface area contributed by atoms with E-state index in [1.54, 1.807) is 48.5 Å². The fraction of sp³-hybridized carbons (Fsp3) is 0.385. The lowest BCUT2D eigenvalue weighted by Crippen LogP contribution is -2.28. The molecule has 0 saturated heterocycles. The molecule has 0 atom stereocenters. The minimum atomic E-state index is -0.455. The molecule has 33 heavy (non-hydrogen) atoms. The van der Waals surface area contributed by atoms with Crippen LogP contribution in [0, 0.1) is 0 Å². The van der Waals surface area contributed by atoms with Gasteiger partial charge in [-0.25, -0.2) is 9.59 Å². The number of nitrogen functional groups attached to an aromatic ring is 2. The summed E-state index contributed by atoms with van der Waals surface area (Å²) in [7, 11) is 0. The summed E-state index contributed by atoms with van der Waals surface area (Å²) < 4.78 is 16.5. The molecule has 0 unspecified atom stereocenters. The Labute approximate surface area is 194 Å². The Morgan fingerprint density at radius 3 is 2.39 bits per heavy atom. The summed E-state index contributed by atoms with van der Waals surface area (Å²) >= 11 is 0. The number of carbonyl (C=O) groups excluding carboxylic acids is 2. The maximum atomic E-state index is 12.4. The van der Waals surface area contributed by atoms with Crippen molar-refractivity contribution in [2.45, 2.75) is 51.2 Å². The first kappa shape index (κ1) is 24.3. The predicted octanol–water partition coefficient (Wildman–Crippen LogP) is 4.15. The molecular weight excluding hydrogens is 420 g/mol. The molecule has 7 nitrogen and oxygen atoms in total. The number of hydrogen-bond donors (Lipinski definition) is 2. The van der Waals surface area contributed by atoms with E-state index in [2.05, 4.69) is 0 Å². The minimum Gasteiger partial charge on any atom is -0.462 e. The molecule has 2 aromatic rings. The Hall–Kier alpha value is -3.32. The van der Waals surface area contributed by atoms with Gasteiger partial charge in [-0.2, -0.15) is 0 Å². The smallest absolute Gasteiger partial charge is 0.338 e. The van der Waals surface area contributed by atoms with Crippen LogP contribution in [0.4, 0.5) is 11.4 Å². The van der Waals surface area contributed by atoms with Crippen molar-refractivity contribution in [1.29, 1.82) is 0 Å². The van der Waals surface area contributed by atoms with Crippen molar-refractivity contribution < 1.29 is 23.8 Å². The molecule has 3 rings (SSSR count). The topological polar surface area (TPSA) is 114 Å². The number of nitrogens with two attached hydrogens (primary N) is 2. The van der Waals surface area contributed by atoms with E-state index in [-0.39, 0.29) is 24.8 Å². The van der Waals surface area contributed by atoms with E-state index in [9.17, 15) is 9.59 Å². The first-order valence-corrected chi connectivity index (χ1v) is 11.4. The molecule has 1 fully saturated rings. The highest BCUT2D eigenvalue weighted by Crippen LogP contribution is 2.24. The van der Waals surface area contributed by atoms with Crippen LogP contribution in [0.3, 0.4) is 0 Å². The number of carbonyl (C=O) groups is 2. The van der Waals surface area contributed by atoms with Gasteiger partial charge in [0.1, 0.15) is 6.10 Å². The van der Waals surface area contributed by atoms with Crippen LogP contribution in [0.1, 0.15) is 54.1 Å². The fourth-order valence-electron chi connectivity index (χ4n) is 3.82. The van der Waals surface area contributed by atoms with Gasteiger partial charge in [0, 0.05) is 30.5 Å². The van der Waals surface area contributed by atoms with Crippen LogP contribution < -0.4 is 11.5 Å². The molecule has 0 spiro atoms. The highest BCUT2D eigenvalue weighted by atomic mass is 16.5. The molecule has 0 heterocycles. The molecular formula is C26H32N2O5. The summed E-state index contributed by atoms with van der Waals surface area (Å²) in [6.45, 7) is 2.91. The third-order valence-corrected chi connectivity index (χ3v) is 5.64. The molecule has 0 radical (unpaired) electrons. The first-order chi connectivity index (χ1) is 15.9. The van der Waals surface area contributed by atoms with Gasteiger partial charge in [0.25, 0.3) is 0 Å². The third kappa shape index (κ3) is 7.64. The second-order valence-electron chi connectivity index (χ2n) is 8.09. The fourth-order valence-corrected chi connectivity index (χ4v) is 3.82. The van der Waals surface area contributed by atoms with Gasteiger partial charge in [-0.1, -0.05) is 12.1 Å². The van der Waals surface area contributed by atoms with Gasteiger partial charge in [0.2, 0.25) is 0 Å². The molecule has 0 aromatic heterocycles. The van der Waals surface area contributed by atoms with E-state index >= 15 is 0 Å². The van der Waals surface area contributed by atoms with Crippen LogP contribution in [0.2, 0.25) is 0 Å². The number of benzene rings is 2. The molecule has 1 saturated carbocycles. The summed E-state index contributed by atoms with van der Waals surface area (Å²) in [4.78, 5) is 24.4. The molecule has 1 aliphatic rings. The van der Waals surface area contributed by atoms with Gasteiger partial charge in [-0.05, 0) is 80.1 Å². The predicted molar refractivity (Wildman–Crippen MR) is 128 cm³/mol. The van der Waals surface area contributed by atoms with Crippen LogP contribution in [0.15, 0.2) is 48.5 Å². The molecule has 0 bridgehead atoms. The van der Waals surface area contributed by atoms with Crippen LogP contribution in [0.25, 0.3) is 6.08 Å². The highest BCUT2D eigenvalue weighted by Gasteiger charge is 2.24. The van der Waals surface area contributed by atoms with Crippen LogP contribution in [-0.2, 0) is 25.4 Å². The lowest BCUT2D eigenvalue weighted by atomic mass is 9.95.